The topological polar surface area (TPSA) is 80.6 Å². The van der Waals surface area contributed by atoms with Gasteiger partial charge >= 0.3 is 0 Å². The van der Waals surface area contributed by atoms with E-state index in [1.54, 1.807) is 36.2 Å². The molecular formula is C19H20ClN3O4. The molecular weight excluding hydrogens is 370 g/mol. The molecule has 8 heteroatoms. The summed E-state index contributed by atoms with van der Waals surface area (Å²) >= 11 is 5.98. The Morgan fingerprint density at radius 3 is 2.63 bits per heavy atom. The number of nitrogens with one attached hydrogen (secondary N) is 1. The molecule has 1 N–H and O–H groups in total. The number of benzene rings is 1. The van der Waals surface area contributed by atoms with Crippen molar-refractivity contribution in [3.63, 3.8) is 0 Å². The van der Waals surface area contributed by atoms with Crippen molar-refractivity contribution in [1.82, 2.24) is 9.47 Å². The number of halogens is 1. The second-order valence-corrected chi connectivity index (χ2v) is 6.73. The first-order chi connectivity index (χ1) is 13.0. The number of ether oxygens (including phenoxy) is 1. The van der Waals surface area contributed by atoms with Gasteiger partial charge in [-0.2, -0.15) is 0 Å². The fourth-order valence-corrected chi connectivity index (χ4v) is 3.10. The Morgan fingerprint density at radius 2 is 1.93 bits per heavy atom. The standard InChI is InChI=1S/C19H20ClN3O4/c1-22-11-13(18(25)23-8-4-5-9-23)10-15(19(22)26)21-17(24)12-27-16-7-3-2-6-14(16)20/h2-3,6-7,10-11H,4-5,8-9,12H2,1H3,(H,21,24). The molecule has 1 fully saturated rings. The van der Waals surface area contributed by atoms with Gasteiger partial charge in [-0.25, -0.2) is 0 Å². The zero-order chi connectivity index (χ0) is 19.4. The molecule has 1 aromatic carbocycles. The minimum absolute atomic E-state index is 0.0373. The van der Waals surface area contributed by atoms with Crippen LogP contribution >= 0.6 is 11.6 Å². The number of nitrogens with zero attached hydrogens (tertiary/aromatic N) is 2. The van der Waals surface area contributed by atoms with E-state index in [9.17, 15) is 14.4 Å². The van der Waals surface area contributed by atoms with Crippen LogP contribution < -0.4 is 15.6 Å². The molecule has 0 bridgehead atoms. The maximum atomic E-state index is 12.6. The van der Waals surface area contributed by atoms with Gasteiger partial charge in [0.15, 0.2) is 6.61 Å². The summed E-state index contributed by atoms with van der Waals surface area (Å²) in [5.41, 5.74) is -0.00399. The van der Waals surface area contributed by atoms with Crippen molar-refractivity contribution in [2.24, 2.45) is 7.05 Å². The molecule has 0 radical (unpaired) electrons. The van der Waals surface area contributed by atoms with E-state index in [2.05, 4.69) is 5.32 Å². The van der Waals surface area contributed by atoms with Crippen LogP contribution in [0.5, 0.6) is 5.75 Å². The lowest BCUT2D eigenvalue weighted by Gasteiger charge is -2.16. The number of pyridine rings is 1. The number of anilines is 1. The average molecular weight is 390 g/mol. The molecule has 142 valence electrons. The third-order valence-electron chi connectivity index (χ3n) is 4.29. The minimum atomic E-state index is -0.516. The highest BCUT2D eigenvalue weighted by Gasteiger charge is 2.21. The number of likely N-dealkylation sites (tertiary alicyclic amines) is 1. The van der Waals surface area contributed by atoms with Gasteiger partial charge in [0.1, 0.15) is 11.4 Å². The highest BCUT2D eigenvalue weighted by molar-refractivity contribution is 6.32. The van der Waals surface area contributed by atoms with E-state index in [-0.39, 0.29) is 18.2 Å². The Balaban J connectivity index is 1.71. The molecule has 0 atom stereocenters. The van der Waals surface area contributed by atoms with Crippen molar-refractivity contribution in [2.75, 3.05) is 25.0 Å². The number of hydrogen-bond donors (Lipinski definition) is 1. The van der Waals surface area contributed by atoms with Crippen LogP contribution in [0.15, 0.2) is 41.3 Å². The summed E-state index contributed by atoms with van der Waals surface area (Å²) < 4.78 is 6.66. The van der Waals surface area contributed by atoms with Crippen LogP contribution in [0.1, 0.15) is 23.2 Å². The monoisotopic (exact) mass is 389 g/mol. The Hall–Kier alpha value is -2.80. The van der Waals surface area contributed by atoms with Gasteiger partial charge in [-0.15, -0.1) is 0 Å². The van der Waals surface area contributed by atoms with Gasteiger partial charge in [0.05, 0.1) is 10.6 Å². The van der Waals surface area contributed by atoms with Crippen LogP contribution in [-0.4, -0.2) is 41.0 Å². The maximum Gasteiger partial charge on any atom is 0.274 e. The van der Waals surface area contributed by atoms with Crippen LogP contribution in [0.25, 0.3) is 0 Å². The normalized spacial score (nSPS) is 13.5. The quantitative estimate of drug-likeness (QED) is 0.850. The third kappa shape index (κ3) is 4.49. The molecule has 3 rings (SSSR count). The summed E-state index contributed by atoms with van der Waals surface area (Å²) in [6, 6.07) is 8.20. The first-order valence-electron chi connectivity index (χ1n) is 8.63. The average Bonchev–Trinajstić information content (AvgIpc) is 3.18. The number of carbonyl (C=O) groups is 2. The fourth-order valence-electron chi connectivity index (χ4n) is 2.91. The van der Waals surface area contributed by atoms with Gasteiger partial charge in [-0.3, -0.25) is 14.4 Å². The second-order valence-electron chi connectivity index (χ2n) is 6.33. The van der Waals surface area contributed by atoms with E-state index in [1.165, 1.54) is 16.8 Å². The molecule has 0 saturated carbocycles. The van der Waals surface area contributed by atoms with E-state index in [0.29, 0.717) is 29.4 Å². The largest absolute Gasteiger partial charge is 0.482 e. The van der Waals surface area contributed by atoms with Crippen LogP contribution in [-0.2, 0) is 11.8 Å². The zero-order valence-corrected chi connectivity index (χ0v) is 15.7. The van der Waals surface area contributed by atoms with Gasteiger partial charge < -0.3 is 19.5 Å². The lowest BCUT2D eigenvalue weighted by molar-refractivity contribution is -0.118. The minimum Gasteiger partial charge on any atom is -0.482 e. The van der Waals surface area contributed by atoms with Crippen molar-refractivity contribution in [3.05, 3.63) is 57.5 Å². The molecule has 0 spiro atoms. The zero-order valence-electron chi connectivity index (χ0n) is 14.9. The Labute approximate surface area is 161 Å². The summed E-state index contributed by atoms with van der Waals surface area (Å²) in [6.45, 7) is 1.10. The van der Waals surface area contributed by atoms with Crippen molar-refractivity contribution >= 4 is 29.1 Å². The smallest absolute Gasteiger partial charge is 0.274 e. The predicted octanol–water partition coefficient (Wildman–Crippen LogP) is 2.29. The van der Waals surface area contributed by atoms with E-state index in [4.69, 9.17) is 16.3 Å². The van der Waals surface area contributed by atoms with Gasteiger partial charge in [-0.05, 0) is 31.0 Å². The Morgan fingerprint density at radius 1 is 1.22 bits per heavy atom. The number of para-hydroxylation sites is 1. The molecule has 1 aliphatic rings. The SMILES string of the molecule is Cn1cc(C(=O)N2CCCC2)cc(NC(=O)COc2ccccc2Cl)c1=O. The molecule has 1 aliphatic heterocycles. The fraction of sp³-hybridized carbons (Fsp3) is 0.316. The van der Waals surface area contributed by atoms with E-state index >= 15 is 0 Å². The second kappa shape index (κ2) is 8.26. The summed E-state index contributed by atoms with van der Waals surface area (Å²) in [6.07, 6.45) is 3.43. The lowest BCUT2D eigenvalue weighted by Crippen LogP contribution is -2.31. The van der Waals surface area contributed by atoms with Gasteiger partial charge in [0.25, 0.3) is 17.4 Å². The van der Waals surface area contributed by atoms with E-state index in [0.717, 1.165) is 12.8 Å². The van der Waals surface area contributed by atoms with Gasteiger partial charge in [-0.1, -0.05) is 23.7 Å². The van der Waals surface area contributed by atoms with Crippen LogP contribution in [0, 0.1) is 0 Å². The van der Waals surface area contributed by atoms with Crippen molar-refractivity contribution in [2.45, 2.75) is 12.8 Å². The molecule has 1 aromatic heterocycles. The maximum absolute atomic E-state index is 12.6. The molecule has 1 saturated heterocycles. The van der Waals surface area contributed by atoms with E-state index in [1.807, 2.05) is 0 Å². The molecule has 0 aliphatic carbocycles. The summed E-state index contributed by atoms with van der Waals surface area (Å²) in [5.74, 6) is -0.288. The summed E-state index contributed by atoms with van der Waals surface area (Å²) in [7, 11) is 1.54. The first kappa shape index (κ1) is 19.0. The van der Waals surface area contributed by atoms with Crippen LogP contribution in [0.3, 0.4) is 0 Å². The molecule has 0 unspecified atom stereocenters. The number of aryl methyl sites for hydroxylation is 1. The molecule has 27 heavy (non-hydrogen) atoms. The molecule has 2 amide bonds. The lowest BCUT2D eigenvalue weighted by atomic mass is 10.2. The predicted molar refractivity (Wildman–Crippen MR) is 102 cm³/mol. The third-order valence-corrected chi connectivity index (χ3v) is 4.61. The number of rotatable bonds is 5. The van der Waals surface area contributed by atoms with Crippen molar-refractivity contribution < 1.29 is 14.3 Å². The number of amides is 2. The summed E-state index contributed by atoms with van der Waals surface area (Å²) in [4.78, 5) is 38.8. The Bertz CT molecular complexity index is 919. The molecule has 2 heterocycles. The Kier molecular flexibility index (Phi) is 5.81. The van der Waals surface area contributed by atoms with Crippen molar-refractivity contribution in [1.29, 1.82) is 0 Å². The van der Waals surface area contributed by atoms with Crippen molar-refractivity contribution in [3.8, 4) is 5.75 Å². The van der Waals surface area contributed by atoms with E-state index < -0.39 is 11.5 Å². The molecule has 7 nitrogen and oxygen atoms in total. The summed E-state index contributed by atoms with van der Waals surface area (Å²) in [5, 5.41) is 2.90. The van der Waals surface area contributed by atoms with Gasteiger partial charge in [0.2, 0.25) is 0 Å². The first-order valence-corrected chi connectivity index (χ1v) is 9.00. The number of carbonyl (C=O) groups excluding carboxylic acids is 2. The van der Waals surface area contributed by atoms with Gasteiger partial charge in [0, 0.05) is 26.3 Å². The van der Waals surface area contributed by atoms with Crippen LogP contribution in [0.2, 0.25) is 5.02 Å². The number of hydrogen-bond acceptors (Lipinski definition) is 4. The highest BCUT2D eigenvalue weighted by atomic mass is 35.5. The molecule has 2 aromatic rings. The highest BCUT2D eigenvalue weighted by Crippen LogP contribution is 2.23. The van der Waals surface area contributed by atoms with Crippen LogP contribution in [0.4, 0.5) is 5.69 Å². The number of aromatic nitrogens is 1.